The van der Waals surface area contributed by atoms with Crippen LogP contribution in [0.2, 0.25) is 0 Å². The van der Waals surface area contributed by atoms with E-state index in [9.17, 15) is 0 Å². The molecule has 0 amide bonds. The van der Waals surface area contributed by atoms with Crippen LogP contribution >= 0.6 is 0 Å². The van der Waals surface area contributed by atoms with E-state index < -0.39 is 0 Å². The minimum absolute atomic E-state index is 0.564. The molecular formula is C45H28N4O. The highest BCUT2D eigenvalue weighted by Gasteiger charge is 2.20. The van der Waals surface area contributed by atoms with Crippen molar-refractivity contribution < 1.29 is 4.42 Å². The third-order valence-electron chi connectivity index (χ3n) is 9.46. The lowest BCUT2D eigenvalue weighted by atomic mass is 10.0. The summed E-state index contributed by atoms with van der Waals surface area (Å²) in [6, 6.07) is 58.5. The molecule has 0 spiro atoms. The molecule has 5 heteroatoms. The lowest BCUT2D eigenvalue weighted by Gasteiger charge is -2.09. The van der Waals surface area contributed by atoms with Gasteiger partial charge in [-0.3, -0.25) is 0 Å². The first-order chi connectivity index (χ1) is 24.8. The van der Waals surface area contributed by atoms with Crippen LogP contribution < -0.4 is 0 Å². The van der Waals surface area contributed by atoms with Crippen molar-refractivity contribution in [2.45, 2.75) is 0 Å². The summed E-state index contributed by atoms with van der Waals surface area (Å²) in [4.78, 5) is 15.1. The number of hydrogen-bond acceptors (Lipinski definition) is 4. The van der Waals surface area contributed by atoms with Crippen LogP contribution in [0.25, 0.3) is 94.7 Å². The van der Waals surface area contributed by atoms with E-state index in [1.54, 1.807) is 0 Å². The quantitative estimate of drug-likeness (QED) is 0.188. The first-order valence-corrected chi connectivity index (χ1v) is 16.7. The van der Waals surface area contributed by atoms with Crippen molar-refractivity contribution in [3.8, 4) is 51.0 Å². The van der Waals surface area contributed by atoms with Crippen LogP contribution in [0.3, 0.4) is 0 Å². The third kappa shape index (κ3) is 4.60. The molecule has 0 saturated heterocycles. The van der Waals surface area contributed by atoms with Gasteiger partial charge in [-0.1, -0.05) is 133 Å². The number of aromatic nitrogens is 4. The zero-order chi connectivity index (χ0) is 33.0. The van der Waals surface area contributed by atoms with E-state index >= 15 is 0 Å². The zero-order valence-electron chi connectivity index (χ0n) is 26.9. The maximum atomic E-state index is 6.78. The van der Waals surface area contributed by atoms with Gasteiger partial charge in [-0.15, -0.1) is 0 Å². The average molecular weight is 641 g/mol. The monoisotopic (exact) mass is 640 g/mol. The van der Waals surface area contributed by atoms with Gasteiger partial charge < -0.3 is 8.98 Å². The van der Waals surface area contributed by atoms with Gasteiger partial charge in [0.15, 0.2) is 17.5 Å². The number of rotatable bonds is 5. The van der Waals surface area contributed by atoms with Gasteiger partial charge in [-0.05, 0) is 41.5 Å². The molecule has 0 saturated carbocycles. The SMILES string of the molecule is c1ccc(-c2ccc(-c3nc(-c4ccccc4)nc(-c4cccc5c4oc4cc6c(cc45)c4ccccc4n6-c4ccccc4)n3)cc2)cc1. The van der Waals surface area contributed by atoms with Crippen LogP contribution in [0.1, 0.15) is 0 Å². The van der Waals surface area contributed by atoms with Gasteiger partial charge in [-0.2, -0.15) is 0 Å². The minimum Gasteiger partial charge on any atom is -0.455 e. The van der Waals surface area contributed by atoms with Crippen molar-refractivity contribution in [2.24, 2.45) is 0 Å². The lowest BCUT2D eigenvalue weighted by molar-refractivity contribution is 0.670. The van der Waals surface area contributed by atoms with E-state index in [1.165, 1.54) is 16.3 Å². The van der Waals surface area contributed by atoms with Gasteiger partial charge in [0.05, 0.1) is 16.6 Å². The molecule has 0 radical (unpaired) electrons. The summed E-state index contributed by atoms with van der Waals surface area (Å²) in [5.74, 6) is 1.78. The van der Waals surface area contributed by atoms with Gasteiger partial charge in [0, 0.05) is 44.4 Å². The number of para-hydroxylation sites is 3. The summed E-state index contributed by atoms with van der Waals surface area (Å²) in [5, 5.41) is 4.45. The second-order valence-corrected chi connectivity index (χ2v) is 12.5. The van der Waals surface area contributed by atoms with Crippen LogP contribution in [-0.2, 0) is 0 Å². The summed E-state index contributed by atoms with van der Waals surface area (Å²) in [5.41, 5.74) is 9.89. The first kappa shape index (κ1) is 28.2. The van der Waals surface area contributed by atoms with Crippen LogP contribution in [0, 0.1) is 0 Å². The number of nitrogens with zero attached hydrogens (tertiary/aromatic N) is 4. The van der Waals surface area contributed by atoms with Crippen LogP contribution in [0.4, 0.5) is 0 Å². The Morgan fingerprint density at radius 3 is 1.68 bits per heavy atom. The standard InChI is InChI=1S/C45H28N4O/c1-4-13-29(14-5-1)30-23-25-32(26-24-30)44-46-43(31-15-6-2-7-16-31)47-45(48-44)36-21-12-20-35-38-27-37-34-19-10-11-22-39(34)49(33-17-8-3-9-18-33)40(37)28-41(38)50-42(35)36/h1-28H. The van der Waals surface area contributed by atoms with Crippen LogP contribution in [0.15, 0.2) is 174 Å². The molecule has 0 atom stereocenters. The minimum atomic E-state index is 0.564. The molecule has 0 aliphatic heterocycles. The predicted octanol–water partition coefficient (Wildman–Crippen LogP) is 11.5. The van der Waals surface area contributed by atoms with E-state index in [2.05, 4.69) is 126 Å². The van der Waals surface area contributed by atoms with Crippen LogP contribution in [0.5, 0.6) is 0 Å². The molecule has 10 rings (SSSR count). The van der Waals surface area contributed by atoms with Crippen molar-refractivity contribution in [3.05, 3.63) is 170 Å². The second-order valence-electron chi connectivity index (χ2n) is 12.5. The molecule has 10 aromatic rings. The van der Waals surface area contributed by atoms with Gasteiger partial charge in [0.25, 0.3) is 0 Å². The molecule has 0 N–H and O–H groups in total. The number of furan rings is 1. The Hall–Kier alpha value is -6.85. The molecule has 5 nitrogen and oxygen atoms in total. The van der Waals surface area contributed by atoms with E-state index in [0.717, 1.165) is 60.9 Å². The summed E-state index contributed by atoms with van der Waals surface area (Å²) in [7, 11) is 0. The Morgan fingerprint density at radius 1 is 0.380 bits per heavy atom. The fourth-order valence-corrected chi connectivity index (χ4v) is 7.08. The predicted molar refractivity (Wildman–Crippen MR) is 203 cm³/mol. The number of benzene rings is 7. The van der Waals surface area contributed by atoms with Crippen LogP contribution in [-0.4, -0.2) is 19.5 Å². The Bertz CT molecular complexity index is 2840. The topological polar surface area (TPSA) is 56.7 Å². The fourth-order valence-electron chi connectivity index (χ4n) is 7.08. The first-order valence-electron chi connectivity index (χ1n) is 16.7. The molecule has 50 heavy (non-hydrogen) atoms. The molecule has 7 aromatic carbocycles. The Balaban J connectivity index is 1.17. The Labute approximate surface area is 287 Å². The molecule has 234 valence electrons. The van der Waals surface area contributed by atoms with Crippen molar-refractivity contribution in [2.75, 3.05) is 0 Å². The van der Waals surface area contributed by atoms with E-state index in [0.29, 0.717) is 17.5 Å². The number of fused-ring (bicyclic) bond motifs is 6. The maximum absolute atomic E-state index is 6.78. The Kier molecular flexibility index (Phi) is 6.42. The molecule has 3 aromatic heterocycles. The van der Waals surface area contributed by atoms with Gasteiger partial charge in [0.1, 0.15) is 11.2 Å². The normalized spacial score (nSPS) is 11.6. The highest BCUT2D eigenvalue weighted by atomic mass is 16.3. The van der Waals surface area contributed by atoms with E-state index in [1.807, 2.05) is 48.5 Å². The summed E-state index contributed by atoms with van der Waals surface area (Å²) < 4.78 is 9.09. The summed E-state index contributed by atoms with van der Waals surface area (Å²) >= 11 is 0. The molecule has 0 bridgehead atoms. The largest absolute Gasteiger partial charge is 0.455 e. The molecule has 0 aliphatic carbocycles. The molecular weight excluding hydrogens is 613 g/mol. The highest BCUT2D eigenvalue weighted by molar-refractivity contribution is 6.18. The van der Waals surface area contributed by atoms with Gasteiger partial charge in [-0.25, -0.2) is 15.0 Å². The lowest BCUT2D eigenvalue weighted by Crippen LogP contribution is -2.00. The molecule has 0 aliphatic rings. The van der Waals surface area contributed by atoms with Crippen molar-refractivity contribution >= 4 is 43.7 Å². The fraction of sp³-hybridized carbons (Fsp3) is 0. The number of hydrogen-bond donors (Lipinski definition) is 0. The van der Waals surface area contributed by atoms with Gasteiger partial charge >= 0.3 is 0 Å². The van der Waals surface area contributed by atoms with E-state index in [-0.39, 0.29) is 0 Å². The average Bonchev–Trinajstić information content (AvgIpc) is 3.72. The molecule has 0 fully saturated rings. The van der Waals surface area contributed by atoms with Crippen molar-refractivity contribution in [1.29, 1.82) is 0 Å². The van der Waals surface area contributed by atoms with E-state index in [4.69, 9.17) is 19.4 Å². The summed E-state index contributed by atoms with van der Waals surface area (Å²) in [6.07, 6.45) is 0. The molecule has 0 unspecified atom stereocenters. The highest BCUT2D eigenvalue weighted by Crippen LogP contribution is 2.40. The smallest absolute Gasteiger partial charge is 0.167 e. The Morgan fingerprint density at radius 2 is 0.940 bits per heavy atom. The zero-order valence-corrected chi connectivity index (χ0v) is 26.9. The summed E-state index contributed by atoms with van der Waals surface area (Å²) in [6.45, 7) is 0. The molecule has 3 heterocycles. The van der Waals surface area contributed by atoms with Gasteiger partial charge in [0.2, 0.25) is 0 Å². The van der Waals surface area contributed by atoms with Crippen molar-refractivity contribution in [3.63, 3.8) is 0 Å². The maximum Gasteiger partial charge on any atom is 0.167 e. The van der Waals surface area contributed by atoms with Crippen molar-refractivity contribution in [1.82, 2.24) is 19.5 Å². The third-order valence-corrected chi connectivity index (χ3v) is 9.46. The second kappa shape index (κ2) is 11.4.